The average Bonchev–Trinajstić information content (AvgIpc) is 2.56. The minimum Gasteiger partial charge on any atom is -0.512 e. The molecule has 4 heteroatoms. The van der Waals surface area contributed by atoms with E-state index in [0.717, 1.165) is 11.1 Å². The molecule has 0 bridgehead atoms. The van der Waals surface area contributed by atoms with E-state index in [1.54, 1.807) is 0 Å². The van der Waals surface area contributed by atoms with Gasteiger partial charge < -0.3 is 5.11 Å². The third-order valence-electron chi connectivity index (χ3n) is 6.68. The SMILES string of the molecule is CC1(C)CC(=O)C([C@H](C2=C(O)CC(C)(C)CC2=O)c2ccc(C(C)(C)C)cc2)C(=O)C1. The van der Waals surface area contributed by atoms with E-state index in [1.807, 2.05) is 52.0 Å². The van der Waals surface area contributed by atoms with Gasteiger partial charge >= 0.3 is 0 Å². The Hall–Kier alpha value is -2.23. The van der Waals surface area contributed by atoms with Crippen LogP contribution in [0.25, 0.3) is 0 Å². The summed E-state index contributed by atoms with van der Waals surface area (Å²) >= 11 is 0. The molecule has 0 aliphatic heterocycles. The van der Waals surface area contributed by atoms with Gasteiger partial charge in [0, 0.05) is 37.2 Å². The summed E-state index contributed by atoms with van der Waals surface area (Å²) in [5.74, 6) is -2.06. The van der Waals surface area contributed by atoms with Crippen LogP contribution >= 0.6 is 0 Å². The molecule has 0 aromatic heterocycles. The van der Waals surface area contributed by atoms with E-state index in [4.69, 9.17) is 0 Å². The van der Waals surface area contributed by atoms with E-state index in [9.17, 15) is 19.5 Å². The second-order valence-electron chi connectivity index (χ2n) is 12.1. The zero-order chi connectivity index (χ0) is 23.4. The summed E-state index contributed by atoms with van der Waals surface area (Å²) in [6.45, 7) is 14.1. The van der Waals surface area contributed by atoms with Crippen molar-refractivity contribution in [1.82, 2.24) is 0 Å². The first-order valence-electron chi connectivity index (χ1n) is 11.2. The number of hydrogen-bond acceptors (Lipinski definition) is 4. The average molecular weight is 425 g/mol. The van der Waals surface area contributed by atoms with Gasteiger partial charge in [-0.1, -0.05) is 72.7 Å². The molecule has 1 fully saturated rings. The van der Waals surface area contributed by atoms with Crippen LogP contribution in [-0.4, -0.2) is 22.5 Å². The van der Waals surface area contributed by atoms with Crippen LogP contribution in [0.4, 0.5) is 0 Å². The maximum atomic E-state index is 13.2. The molecule has 1 atom stereocenters. The summed E-state index contributed by atoms with van der Waals surface area (Å²) in [5, 5.41) is 10.9. The van der Waals surface area contributed by atoms with Crippen molar-refractivity contribution in [3.8, 4) is 0 Å². The Morgan fingerprint density at radius 2 is 1.32 bits per heavy atom. The summed E-state index contributed by atoms with van der Waals surface area (Å²) in [6.07, 6.45) is 1.26. The predicted octanol–water partition coefficient (Wildman–Crippen LogP) is 5.84. The molecule has 0 heterocycles. The van der Waals surface area contributed by atoms with Gasteiger partial charge in [0.25, 0.3) is 0 Å². The smallest absolute Gasteiger partial charge is 0.163 e. The molecular formula is C27H36O4. The molecule has 3 rings (SSSR count). The van der Waals surface area contributed by atoms with E-state index < -0.39 is 11.8 Å². The lowest BCUT2D eigenvalue weighted by atomic mass is 9.62. The van der Waals surface area contributed by atoms with Gasteiger partial charge in [-0.2, -0.15) is 0 Å². The van der Waals surface area contributed by atoms with Gasteiger partial charge in [-0.15, -0.1) is 0 Å². The lowest BCUT2D eigenvalue weighted by Gasteiger charge is -2.39. The van der Waals surface area contributed by atoms with Crippen LogP contribution in [0.1, 0.15) is 91.2 Å². The third kappa shape index (κ3) is 4.83. The molecule has 168 valence electrons. The van der Waals surface area contributed by atoms with Crippen molar-refractivity contribution in [3.05, 3.63) is 46.7 Å². The summed E-state index contributed by atoms with van der Waals surface area (Å²) in [4.78, 5) is 39.6. The number of carbonyl (C=O) groups excluding carboxylic acids is 3. The van der Waals surface area contributed by atoms with Crippen LogP contribution in [0.2, 0.25) is 0 Å². The summed E-state index contributed by atoms with van der Waals surface area (Å²) in [5.41, 5.74) is 1.38. The molecule has 1 aromatic rings. The first-order valence-corrected chi connectivity index (χ1v) is 11.2. The van der Waals surface area contributed by atoms with Crippen LogP contribution in [0, 0.1) is 16.7 Å². The van der Waals surface area contributed by atoms with Gasteiger partial charge in [-0.3, -0.25) is 14.4 Å². The van der Waals surface area contributed by atoms with E-state index in [-0.39, 0.29) is 44.9 Å². The highest BCUT2D eigenvalue weighted by Crippen LogP contribution is 2.47. The molecule has 2 aliphatic carbocycles. The molecule has 1 saturated carbocycles. The van der Waals surface area contributed by atoms with Gasteiger partial charge in [0.05, 0.1) is 5.92 Å². The molecule has 4 nitrogen and oxygen atoms in total. The number of carbonyl (C=O) groups is 3. The van der Waals surface area contributed by atoms with E-state index in [2.05, 4.69) is 20.8 Å². The number of aliphatic hydroxyl groups excluding tert-OH is 1. The Morgan fingerprint density at radius 1 is 0.839 bits per heavy atom. The Labute approximate surface area is 186 Å². The fourth-order valence-corrected chi connectivity index (χ4v) is 5.15. The van der Waals surface area contributed by atoms with Crippen molar-refractivity contribution in [1.29, 1.82) is 0 Å². The van der Waals surface area contributed by atoms with E-state index in [1.165, 1.54) is 0 Å². The van der Waals surface area contributed by atoms with E-state index >= 15 is 0 Å². The molecule has 0 unspecified atom stereocenters. The zero-order valence-corrected chi connectivity index (χ0v) is 20.0. The highest BCUT2D eigenvalue weighted by molar-refractivity contribution is 6.09. The molecule has 31 heavy (non-hydrogen) atoms. The molecule has 1 aromatic carbocycles. The Kier molecular flexibility index (Phi) is 5.84. The Bertz CT molecular complexity index is 918. The fraction of sp³-hybridized carbons (Fsp3) is 0.593. The van der Waals surface area contributed by atoms with Gasteiger partial charge in [0.1, 0.15) is 17.3 Å². The largest absolute Gasteiger partial charge is 0.512 e. The molecule has 1 N–H and O–H groups in total. The second-order valence-corrected chi connectivity index (χ2v) is 12.1. The standard InChI is InChI=1S/C27H36O4/c1-25(2,3)17-10-8-16(9-11-17)22(23-18(28)12-26(4,5)13-19(23)29)24-20(30)14-27(6,7)15-21(24)31/h8-11,22-23,30H,12-15H2,1-7H3/t22-/m1/s1. The highest BCUT2D eigenvalue weighted by atomic mass is 16.3. The normalized spacial score (nSPS) is 23.3. The third-order valence-corrected chi connectivity index (χ3v) is 6.68. The Balaban J connectivity index is 2.15. The number of allylic oxidation sites excluding steroid dienone is 2. The number of aliphatic hydroxyl groups is 1. The van der Waals surface area contributed by atoms with Crippen molar-refractivity contribution >= 4 is 17.3 Å². The van der Waals surface area contributed by atoms with Crippen molar-refractivity contribution in [2.24, 2.45) is 16.7 Å². The highest BCUT2D eigenvalue weighted by Gasteiger charge is 2.48. The summed E-state index contributed by atoms with van der Waals surface area (Å²) in [6, 6.07) is 7.83. The molecule has 0 radical (unpaired) electrons. The van der Waals surface area contributed by atoms with Crippen LogP contribution < -0.4 is 0 Å². The molecule has 0 saturated heterocycles. The number of rotatable bonds is 3. The van der Waals surface area contributed by atoms with Crippen molar-refractivity contribution in [2.45, 2.75) is 85.5 Å². The lowest BCUT2D eigenvalue weighted by Crippen LogP contribution is -2.43. The van der Waals surface area contributed by atoms with Crippen molar-refractivity contribution < 1.29 is 19.5 Å². The maximum Gasteiger partial charge on any atom is 0.163 e. The van der Waals surface area contributed by atoms with Gasteiger partial charge in [-0.25, -0.2) is 0 Å². The molecule has 0 spiro atoms. The minimum atomic E-state index is -0.921. The summed E-state index contributed by atoms with van der Waals surface area (Å²) in [7, 11) is 0. The first kappa shape index (κ1) is 23.4. The maximum absolute atomic E-state index is 13.2. The van der Waals surface area contributed by atoms with Crippen molar-refractivity contribution in [2.75, 3.05) is 0 Å². The topological polar surface area (TPSA) is 71.4 Å². The molecular weight excluding hydrogens is 388 g/mol. The van der Waals surface area contributed by atoms with E-state index in [0.29, 0.717) is 25.7 Å². The number of hydrogen-bond donors (Lipinski definition) is 1. The fourth-order valence-electron chi connectivity index (χ4n) is 5.15. The second kappa shape index (κ2) is 7.72. The van der Waals surface area contributed by atoms with Crippen LogP contribution in [0.5, 0.6) is 0 Å². The monoisotopic (exact) mass is 424 g/mol. The first-order chi connectivity index (χ1) is 14.1. The summed E-state index contributed by atoms with van der Waals surface area (Å²) < 4.78 is 0. The number of Topliss-reactive ketones (excluding diaryl/α,β-unsaturated/α-hetero) is 3. The van der Waals surface area contributed by atoms with Crippen LogP contribution in [-0.2, 0) is 19.8 Å². The van der Waals surface area contributed by atoms with Crippen molar-refractivity contribution in [3.63, 3.8) is 0 Å². The quantitative estimate of drug-likeness (QED) is 0.619. The Morgan fingerprint density at radius 3 is 1.77 bits per heavy atom. The zero-order valence-electron chi connectivity index (χ0n) is 20.0. The van der Waals surface area contributed by atoms with Gasteiger partial charge in [0.2, 0.25) is 0 Å². The predicted molar refractivity (Wildman–Crippen MR) is 122 cm³/mol. The molecule has 2 aliphatic rings. The lowest BCUT2D eigenvalue weighted by molar-refractivity contribution is -0.140. The minimum absolute atomic E-state index is 0.0246. The number of ketones is 3. The van der Waals surface area contributed by atoms with Crippen LogP contribution in [0.15, 0.2) is 35.6 Å². The molecule has 0 amide bonds. The van der Waals surface area contributed by atoms with Gasteiger partial charge in [-0.05, 0) is 27.4 Å². The van der Waals surface area contributed by atoms with Crippen LogP contribution in [0.3, 0.4) is 0 Å². The van der Waals surface area contributed by atoms with Gasteiger partial charge in [0.15, 0.2) is 5.78 Å². The number of benzene rings is 1.